The Kier molecular flexibility index (Phi) is 8.92. The Bertz CT molecular complexity index is 989. The molecule has 0 aliphatic rings. The number of nitrogens with one attached hydrogen (secondary N) is 1. The van der Waals surface area contributed by atoms with E-state index in [9.17, 15) is 13.2 Å². The Balaban J connectivity index is 2.02. The molecule has 0 bridgehead atoms. The molecule has 7 heteroatoms. The summed E-state index contributed by atoms with van der Waals surface area (Å²) >= 11 is 0. The fourth-order valence-corrected chi connectivity index (χ4v) is 4.66. The molecule has 2 aromatic rings. The number of carbonyl (C=O) groups excluding carboxylic acids is 1. The minimum Gasteiger partial charge on any atom is -0.493 e. The first-order chi connectivity index (χ1) is 14.6. The normalized spacial score (nSPS) is 12.3. The van der Waals surface area contributed by atoms with Crippen molar-refractivity contribution in [1.29, 1.82) is 0 Å². The van der Waals surface area contributed by atoms with Crippen molar-refractivity contribution in [2.24, 2.45) is 0 Å². The summed E-state index contributed by atoms with van der Waals surface area (Å²) in [6, 6.07) is 12.6. The predicted molar refractivity (Wildman–Crippen MR) is 126 cm³/mol. The van der Waals surface area contributed by atoms with Crippen LogP contribution in [0.3, 0.4) is 0 Å². The third-order valence-corrected chi connectivity index (χ3v) is 6.27. The zero-order valence-electron chi connectivity index (χ0n) is 19.1. The van der Waals surface area contributed by atoms with Crippen molar-refractivity contribution < 1.29 is 17.9 Å². The second kappa shape index (κ2) is 11.2. The summed E-state index contributed by atoms with van der Waals surface area (Å²) in [5.74, 6) is 0.559. The van der Waals surface area contributed by atoms with E-state index in [1.54, 1.807) is 13.0 Å². The number of anilines is 1. The van der Waals surface area contributed by atoms with Crippen LogP contribution in [-0.2, 0) is 21.2 Å². The number of aryl methyl sites for hydroxylation is 3. The predicted octanol–water partition coefficient (Wildman–Crippen LogP) is 4.00. The fraction of sp³-hybridized carbons (Fsp3) is 0.458. The standard InChI is InChI=1S/C24H34N2O4S/c1-6-16-30-23-12-8-7-10-21(23)11-9-15-25-24(27)20(4)26(31(5,28)29)22-17-18(2)13-14-19(22)3/h7-8,10,12-14,17,20H,6,9,11,15-16H2,1-5H3,(H,25,27)/t20-/m1/s1. The van der Waals surface area contributed by atoms with E-state index in [1.165, 1.54) is 4.31 Å². The third-order valence-electron chi connectivity index (χ3n) is 5.05. The van der Waals surface area contributed by atoms with Crippen molar-refractivity contribution in [3.8, 4) is 5.75 Å². The van der Waals surface area contributed by atoms with Crippen molar-refractivity contribution in [2.75, 3.05) is 23.7 Å². The van der Waals surface area contributed by atoms with Gasteiger partial charge in [0.1, 0.15) is 11.8 Å². The van der Waals surface area contributed by atoms with Gasteiger partial charge in [-0.1, -0.05) is 37.3 Å². The number of benzene rings is 2. The number of carbonyl (C=O) groups is 1. The molecule has 0 aromatic heterocycles. The van der Waals surface area contributed by atoms with Gasteiger partial charge >= 0.3 is 0 Å². The summed E-state index contributed by atoms with van der Waals surface area (Å²) in [4.78, 5) is 12.8. The molecular weight excluding hydrogens is 412 g/mol. The van der Waals surface area contributed by atoms with Crippen LogP contribution in [0.25, 0.3) is 0 Å². The van der Waals surface area contributed by atoms with Gasteiger partial charge in [-0.3, -0.25) is 9.10 Å². The van der Waals surface area contributed by atoms with Gasteiger partial charge in [0, 0.05) is 6.54 Å². The van der Waals surface area contributed by atoms with Crippen molar-refractivity contribution >= 4 is 21.6 Å². The maximum Gasteiger partial charge on any atom is 0.243 e. The minimum atomic E-state index is -3.63. The van der Waals surface area contributed by atoms with Crippen LogP contribution in [-0.4, -0.2) is 39.8 Å². The maximum atomic E-state index is 12.8. The van der Waals surface area contributed by atoms with E-state index in [2.05, 4.69) is 12.2 Å². The number of sulfonamides is 1. The van der Waals surface area contributed by atoms with E-state index in [0.717, 1.165) is 48.0 Å². The van der Waals surface area contributed by atoms with Crippen molar-refractivity contribution in [3.63, 3.8) is 0 Å². The first-order valence-corrected chi connectivity index (χ1v) is 12.5. The Hall–Kier alpha value is -2.54. The molecule has 0 radical (unpaired) electrons. The van der Waals surface area contributed by atoms with Gasteiger partial charge in [0.05, 0.1) is 18.6 Å². The lowest BCUT2D eigenvalue weighted by Crippen LogP contribution is -2.48. The van der Waals surface area contributed by atoms with Crippen LogP contribution in [0, 0.1) is 13.8 Å². The van der Waals surface area contributed by atoms with Crippen LogP contribution in [0.2, 0.25) is 0 Å². The highest BCUT2D eigenvalue weighted by molar-refractivity contribution is 7.92. The molecule has 0 heterocycles. The van der Waals surface area contributed by atoms with E-state index in [4.69, 9.17) is 4.74 Å². The topological polar surface area (TPSA) is 75.7 Å². The Morgan fingerprint density at radius 2 is 1.87 bits per heavy atom. The molecule has 1 atom stereocenters. The van der Waals surface area contributed by atoms with Crippen molar-refractivity contribution in [2.45, 2.75) is 53.0 Å². The van der Waals surface area contributed by atoms with E-state index < -0.39 is 16.1 Å². The largest absolute Gasteiger partial charge is 0.493 e. The highest BCUT2D eigenvalue weighted by Gasteiger charge is 2.30. The molecule has 2 rings (SSSR count). The molecule has 1 amide bonds. The Morgan fingerprint density at radius 3 is 2.55 bits per heavy atom. The number of rotatable bonds is 11. The summed E-state index contributed by atoms with van der Waals surface area (Å²) in [6.45, 7) is 8.55. The minimum absolute atomic E-state index is 0.318. The highest BCUT2D eigenvalue weighted by Crippen LogP contribution is 2.26. The van der Waals surface area contributed by atoms with Gasteiger partial charge in [-0.25, -0.2) is 8.42 Å². The fourth-order valence-electron chi connectivity index (χ4n) is 3.44. The van der Waals surface area contributed by atoms with Crippen LogP contribution in [0.1, 0.15) is 43.4 Å². The Labute approximate surface area is 186 Å². The smallest absolute Gasteiger partial charge is 0.243 e. The van der Waals surface area contributed by atoms with Gasteiger partial charge in [0.2, 0.25) is 15.9 Å². The quantitative estimate of drug-likeness (QED) is 0.530. The molecule has 0 aliphatic heterocycles. The van der Waals surface area contributed by atoms with Gasteiger partial charge in [-0.15, -0.1) is 0 Å². The number of ether oxygens (including phenoxy) is 1. The molecule has 0 saturated carbocycles. The SMILES string of the molecule is CCCOc1ccccc1CCCNC(=O)[C@@H](C)N(c1cc(C)ccc1C)S(C)(=O)=O. The average Bonchev–Trinajstić information content (AvgIpc) is 2.71. The zero-order chi connectivity index (χ0) is 23.0. The molecule has 0 unspecified atom stereocenters. The number of para-hydroxylation sites is 1. The molecule has 2 aromatic carbocycles. The van der Waals surface area contributed by atoms with Crippen molar-refractivity contribution in [3.05, 3.63) is 59.2 Å². The molecular formula is C24H34N2O4S. The number of hydrogen-bond donors (Lipinski definition) is 1. The van der Waals surface area contributed by atoms with E-state index in [0.29, 0.717) is 18.8 Å². The molecule has 1 N–H and O–H groups in total. The third kappa shape index (κ3) is 6.99. The number of nitrogens with zero attached hydrogens (tertiary/aromatic N) is 1. The second-order valence-corrected chi connectivity index (χ2v) is 9.73. The lowest BCUT2D eigenvalue weighted by atomic mass is 10.1. The van der Waals surface area contributed by atoms with Crippen LogP contribution in [0.15, 0.2) is 42.5 Å². The first kappa shape index (κ1) is 24.7. The lowest BCUT2D eigenvalue weighted by molar-refractivity contribution is -0.121. The van der Waals surface area contributed by atoms with Crippen LogP contribution in [0.4, 0.5) is 5.69 Å². The van der Waals surface area contributed by atoms with E-state index >= 15 is 0 Å². The molecule has 0 aliphatic carbocycles. The maximum absolute atomic E-state index is 12.8. The summed E-state index contributed by atoms with van der Waals surface area (Å²) in [6.07, 6.45) is 3.57. The van der Waals surface area contributed by atoms with E-state index in [-0.39, 0.29) is 5.91 Å². The lowest BCUT2D eigenvalue weighted by Gasteiger charge is -2.29. The summed E-state index contributed by atoms with van der Waals surface area (Å²) < 4.78 is 32.0. The monoisotopic (exact) mass is 446 g/mol. The van der Waals surface area contributed by atoms with E-state index in [1.807, 2.05) is 50.2 Å². The van der Waals surface area contributed by atoms with Crippen LogP contribution in [0.5, 0.6) is 5.75 Å². The molecule has 170 valence electrons. The molecule has 0 saturated heterocycles. The molecule has 31 heavy (non-hydrogen) atoms. The number of amides is 1. The van der Waals surface area contributed by atoms with Crippen LogP contribution < -0.4 is 14.4 Å². The summed E-state index contributed by atoms with van der Waals surface area (Å²) in [5, 5.41) is 2.89. The average molecular weight is 447 g/mol. The molecule has 6 nitrogen and oxygen atoms in total. The zero-order valence-corrected chi connectivity index (χ0v) is 20.0. The molecule has 0 fully saturated rings. The van der Waals surface area contributed by atoms with Gasteiger partial charge in [0.15, 0.2) is 0 Å². The van der Waals surface area contributed by atoms with Crippen molar-refractivity contribution in [1.82, 2.24) is 5.32 Å². The summed E-state index contributed by atoms with van der Waals surface area (Å²) in [5.41, 5.74) is 3.38. The Morgan fingerprint density at radius 1 is 1.16 bits per heavy atom. The van der Waals surface area contributed by atoms with Gasteiger partial charge in [0.25, 0.3) is 0 Å². The van der Waals surface area contributed by atoms with Gasteiger partial charge in [-0.05, 0) is 68.9 Å². The highest BCUT2D eigenvalue weighted by atomic mass is 32.2. The summed E-state index contributed by atoms with van der Waals surface area (Å²) in [7, 11) is -3.63. The van der Waals surface area contributed by atoms with Gasteiger partial charge in [-0.2, -0.15) is 0 Å². The first-order valence-electron chi connectivity index (χ1n) is 10.7. The van der Waals surface area contributed by atoms with Crippen LogP contribution >= 0.6 is 0 Å². The number of hydrogen-bond acceptors (Lipinski definition) is 4. The second-order valence-electron chi connectivity index (χ2n) is 7.88. The van der Waals surface area contributed by atoms with Gasteiger partial charge < -0.3 is 10.1 Å². The molecule has 0 spiro atoms.